The summed E-state index contributed by atoms with van der Waals surface area (Å²) in [7, 11) is 4.04. The van der Waals surface area contributed by atoms with Gasteiger partial charge >= 0.3 is 0 Å². The first-order chi connectivity index (χ1) is 9.84. The summed E-state index contributed by atoms with van der Waals surface area (Å²) in [5, 5.41) is 0. The second-order valence-corrected chi connectivity index (χ2v) is 5.38. The molecular weight excluding hydrogens is 428 g/mol. The molecule has 0 spiro atoms. The quantitative estimate of drug-likeness (QED) is 0.665. The van der Waals surface area contributed by atoms with Crippen LogP contribution in [0.3, 0.4) is 0 Å². The molecular formula is C18H21N2W-. The molecule has 1 aliphatic heterocycles. The van der Waals surface area contributed by atoms with Gasteiger partial charge in [0.2, 0.25) is 0 Å². The number of hydrogen-bond donors (Lipinski definition) is 0. The summed E-state index contributed by atoms with van der Waals surface area (Å²) in [6, 6.07) is 22.0. The monoisotopic (exact) mass is 449 g/mol. The Balaban J connectivity index is 0.00000161. The number of nitrogens with zero attached hydrogens (tertiary/aromatic N) is 2. The number of benzene rings is 2. The topological polar surface area (TPSA) is 6.48 Å². The van der Waals surface area contributed by atoms with E-state index in [9.17, 15) is 0 Å². The zero-order valence-electron chi connectivity index (χ0n) is 12.2. The van der Waals surface area contributed by atoms with Crippen molar-refractivity contribution in [2.24, 2.45) is 0 Å². The van der Waals surface area contributed by atoms with E-state index in [-0.39, 0.29) is 21.1 Å². The summed E-state index contributed by atoms with van der Waals surface area (Å²) < 4.78 is 0. The molecule has 1 saturated heterocycles. The van der Waals surface area contributed by atoms with Crippen LogP contribution < -0.4 is 0 Å². The van der Waals surface area contributed by atoms with Crippen LogP contribution in [-0.4, -0.2) is 36.0 Å². The van der Waals surface area contributed by atoms with E-state index in [4.69, 9.17) is 0 Å². The van der Waals surface area contributed by atoms with Gasteiger partial charge in [0.15, 0.2) is 0 Å². The van der Waals surface area contributed by atoms with E-state index in [2.05, 4.69) is 77.5 Å². The van der Waals surface area contributed by atoms with Crippen molar-refractivity contribution in [3.8, 4) is 0 Å². The maximum Gasteiger partial charge on any atom is 0.0602 e. The minimum absolute atomic E-state index is 0. The third-order valence-corrected chi connectivity index (χ3v) is 4.00. The second kappa shape index (κ2) is 7.89. The van der Waals surface area contributed by atoms with Crippen LogP contribution >= 0.6 is 0 Å². The van der Waals surface area contributed by atoms with Crippen LogP contribution in [0.15, 0.2) is 60.7 Å². The van der Waals surface area contributed by atoms with Gasteiger partial charge in [0.1, 0.15) is 0 Å². The van der Waals surface area contributed by atoms with Crippen LogP contribution in [0.5, 0.6) is 0 Å². The maximum atomic E-state index is 4.04. The molecule has 2 aromatic rings. The van der Waals surface area contributed by atoms with Gasteiger partial charge in [0.25, 0.3) is 0 Å². The van der Waals surface area contributed by atoms with Crippen molar-refractivity contribution in [2.45, 2.75) is 6.04 Å². The molecule has 0 N–H and O–H groups in total. The van der Waals surface area contributed by atoms with Gasteiger partial charge in [0.05, 0.1) is 6.04 Å². The van der Waals surface area contributed by atoms with Crippen LogP contribution in [0.25, 0.3) is 0 Å². The fourth-order valence-corrected chi connectivity index (χ4v) is 2.91. The Bertz CT molecular complexity index is 482. The Kier molecular flexibility index (Phi) is 6.17. The van der Waals surface area contributed by atoms with E-state index in [0.717, 1.165) is 26.2 Å². The van der Waals surface area contributed by atoms with Crippen LogP contribution in [-0.2, 0) is 21.1 Å². The van der Waals surface area contributed by atoms with Gasteiger partial charge in [-0.3, -0.25) is 11.9 Å². The van der Waals surface area contributed by atoms with Crippen LogP contribution in [0.1, 0.15) is 17.2 Å². The third-order valence-electron chi connectivity index (χ3n) is 4.00. The molecule has 0 aliphatic carbocycles. The summed E-state index contributed by atoms with van der Waals surface area (Å²) in [5.74, 6) is 0. The van der Waals surface area contributed by atoms with Crippen LogP contribution in [0.2, 0.25) is 0 Å². The Labute approximate surface area is 142 Å². The van der Waals surface area contributed by atoms with Crippen molar-refractivity contribution in [2.75, 3.05) is 26.2 Å². The summed E-state index contributed by atoms with van der Waals surface area (Å²) in [6.07, 6.45) is 0. The van der Waals surface area contributed by atoms with Gasteiger partial charge in [0, 0.05) is 34.2 Å². The minimum Gasteiger partial charge on any atom is -0.457 e. The Hall–Kier alpha value is -0.952. The van der Waals surface area contributed by atoms with Crippen molar-refractivity contribution in [1.82, 2.24) is 9.80 Å². The smallest absolute Gasteiger partial charge is 0.0602 e. The first-order valence-corrected chi connectivity index (χ1v) is 7.24. The average molecular weight is 449 g/mol. The molecule has 1 aliphatic rings. The molecule has 110 valence electrons. The van der Waals surface area contributed by atoms with Crippen molar-refractivity contribution >= 4 is 0 Å². The molecule has 1 heterocycles. The zero-order chi connectivity index (χ0) is 13.8. The van der Waals surface area contributed by atoms with Crippen molar-refractivity contribution in [1.29, 1.82) is 0 Å². The van der Waals surface area contributed by atoms with E-state index in [1.54, 1.807) is 0 Å². The summed E-state index contributed by atoms with van der Waals surface area (Å²) in [6.45, 7) is 4.21. The van der Waals surface area contributed by atoms with Gasteiger partial charge in [-0.05, 0) is 24.2 Å². The molecule has 0 aromatic heterocycles. The Morgan fingerprint density at radius 2 is 1.14 bits per heavy atom. The van der Waals surface area contributed by atoms with Gasteiger partial charge in [-0.1, -0.05) is 60.7 Å². The van der Waals surface area contributed by atoms with Gasteiger partial charge < -0.3 is 4.90 Å². The predicted octanol–water partition coefficient (Wildman–Crippen LogP) is 3.18. The third kappa shape index (κ3) is 4.03. The minimum atomic E-state index is 0. The molecule has 0 radical (unpaired) electrons. The Morgan fingerprint density at radius 1 is 0.714 bits per heavy atom. The van der Waals surface area contributed by atoms with E-state index < -0.39 is 0 Å². The van der Waals surface area contributed by atoms with Crippen molar-refractivity contribution < 1.29 is 21.1 Å². The van der Waals surface area contributed by atoms with Gasteiger partial charge in [-0.25, -0.2) is 0 Å². The van der Waals surface area contributed by atoms with E-state index in [1.165, 1.54) is 11.1 Å². The molecule has 0 unspecified atom stereocenters. The second-order valence-electron chi connectivity index (χ2n) is 5.38. The maximum absolute atomic E-state index is 4.04. The molecule has 3 rings (SSSR count). The largest absolute Gasteiger partial charge is 0.457 e. The molecule has 2 nitrogen and oxygen atoms in total. The number of hydrogen-bond acceptors (Lipinski definition) is 2. The zero-order valence-corrected chi connectivity index (χ0v) is 15.1. The number of piperazine rings is 1. The van der Waals surface area contributed by atoms with Crippen molar-refractivity contribution in [3.05, 3.63) is 78.8 Å². The van der Waals surface area contributed by atoms with E-state index >= 15 is 0 Å². The normalized spacial score (nSPS) is 16.7. The molecule has 0 amide bonds. The SMILES string of the molecule is [CH2-]N1CCN(C(c2ccccc2)c2ccccc2)CC1.[W]. The molecule has 0 atom stereocenters. The van der Waals surface area contributed by atoms with Crippen molar-refractivity contribution in [3.63, 3.8) is 0 Å². The Morgan fingerprint density at radius 3 is 1.57 bits per heavy atom. The summed E-state index contributed by atoms with van der Waals surface area (Å²) >= 11 is 0. The molecule has 1 fully saturated rings. The van der Waals surface area contributed by atoms with Gasteiger partial charge in [-0.2, -0.15) is 0 Å². The first kappa shape index (κ1) is 16.4. The van der Waals surface area contributed by atoms with Crippen LogP contribution in [0, 0.1) is 7.05 Å². The standard InChI is InChI=1S/C18H21N2.W/c1-19-12-14-20(15-13-19)18(16-8-4-2-5-9-16)17-10-6-3-7-11-17;/h2-11,18H,1,12-15H2;/q-1;. The van der Waals surface area contributed by atoms with E-state index in [0.29, 0.717) is 6.04 Å². The predicted molar refractivity (Wildman–Crippen MR) is 83.2 cm³/mol. The fourth-order valence-electron chi connectivity index (χ4n) is 2.91. The molecule has 0 saturated carbocycles. The first-order valence-electron chi connectivity index (χ1n) is 7.24. The molecule has 2 aromatic carbocycles. The number of rotatable bonds is 3. The van der Waals surface area contributed by atoms with E-state index in [1.807, 2.05) is 0 Å². The van der Waals surface area contributed by atoms with Crippen LogP contribution in [0.4, 0.5) is 0 Å². The molecule has 0 bridgehead atoms. The summed E-state index contributed by atoms with van der Waals surface area (Å²) in [4.78, 5) is 4.72. The fraction of sp³-hybridized carbons (Fsp3) is 0.278. The van der Waals surface area contributed by atoms with Gasteiger partial charge in [-0.15, -0.1) is 0 Å². The summed E-state index contributed by atoms with van der Waals surface area (Å²) in [5.41, 5.74) is 2.74. The molecule has 21 heavy (non-hydrogen) atoms. The molecule has 3 heteroatoms. The average Bonchev–Trinajstić information content (AvgIpc) is 2.52.